The number of nitrogens with zero attached hydrogens (tertiary/aromatic N) is 1. The second-order valence-corrected chi connectivity index (χ2v) is 9.52. The Bertz CT molecular complexity index is 990. The van der Waals surface area contributed by atoms with E-state index in [1.165, 1.54) is 27.2 Å². The summed E-state index contributed by atoms with van der Waals surface area (Å²) in [4.78, 5) is 13.9. The summed E-state index contributed by atoms with van der Waals surface area (Å²) in [5.74, 6) is 1.51. The topological polar surface area (TPSA) is 38.7 Å². The molecule has 2 aromatic carbocycles. The van der Waals surface area contributed by atoms with Crippen molar-refractivity contribution >= 4 is 22.2 Å². The minimum atomic E-state index is -0.337. The van der Waals surface area contributed by atoms with Crippen LogP contribution < -0.4 is 4.74 Å². The van der Waals surface area contributed by atoms with Crippen molar-refractivity contribution in [2.24, 2.45) is 16.2 Å². The number of allylic oxidation sites excluding steroid dienone is 2. The highest BCUT2D eigenvalue weighted by molar-refractivity contribution is 7.88. The summed E-state index contributed by atoms with van der Waals surface area (Å²) in [6.45, 7) is 2.10. The molecule has 5 rings (SSSR count). The maximum atomic E-state index is 12.7. The van der Waals surface area contributed by atoms with Gasteiger partial charge in [-0.25, -0.2) is 0 Å². The quantitative estimate of drug-likeness (QED) is 0.758. The van der Waals surface area contributed by atoms with Crippen LogP contribution in [-0.2, 0) is 21.9 Å². The van der Waals surface area contributed by atoms with Gasteiger partial charge in [0.15, 0.2) is 0 Å². The van der Waals surface area contributed by atoms with E-state index >= 15 is 0 Å². The Hall–Kier alpha value is -2.20. The minimum Gasteiger partial charge on any atom is -0.497 e. The lowest BCUT2D eigenvalue weighted by Gasteiger charge is -2.38. The van der Waals surface area contributed by atoms with Crippen molar-refractivity contribution in [3.63, 3.8) is 0 Å². The van der Waals surface area contributed by atoms with Crippen LogP contribution in [0.15, 0.2) is 57.8 Å². The summed E-state index contributed by atoms with van der Waals surface area (Å²) in [5, 5.41) is 0.315. The number of amides is 1. The lowest BCUT2D eigenvalue weighted by Crippen LogP contribution is -2.37. The summed E-state index contributed by atoms with van der Waals surface area (Å²) in [7, 11) is 1.38. The molecule has 138 valence electrons. The molecule has 1 heterocycles. The lowest BCUT2D eigenvalue weighted by molar-refractivity contribution is -0.121. The molecule has 4 atom stereocenters. The second kappa shape index (κ2) is 6.45. The fourth-order valence-electron chi connectivity index (χ4n) is 4.79. The van der Waals surface area contributed by atoms with Gasteiger partial charge in [0, 0.05) is 10.1 Å². The van der Waals surface area contributed by atoms with Gasteiger partial charge >= 0.3 is 0 Å². The van der Waals surface area contributed by atoms with E-state index < -0.39 is 0 Å². The van der Waals surface area contributed by atoms with Crippen LogP contribution in [-0.4, -0.2) is 18.3 Å². The molecule has 0 fully saturated rings. The monoisotopic (exact) mass is 377 g/mol. The molecular weight excluding hydrogens is 354 g/mol. The van der Waals surface area contributed by atoms with Gasteiger partial charge in [-0.15, -0.1) is 0 Å². The van der Waals surface area contributed by atoms with E-state index in [0.29, 0.717) is 11.2 Å². The average Bonchev–Trinajstić information content (AvgIpc) is 3.04. The summed E-state index contributed by atoms with van der Waals surface area (Å²) in [6, 6.07) is 15.0. The molecule has 27 heavy (non-hydrogen) atoms. The van der Waals surface area contributed by atoms with E-state index in [0.717, 1.165) is 25.0 Å². The molecule has 0 N–H and O–H groups in total. The van der Waals surface area contributed by atoms with Crippen molar-refractivity contribution in [3.05, 3.63) is 65.2 Å². The largest absolute Gasteiger partial charge is 0.497 e. The highest BCUT2D eigenvalue weighted by Gasteiger charge is 2.47. The van der Waals surface area contributed by atoms with E-state index in [1.54, 1.807) is 7.11 Å². The van der Waals surface area contributed by atoms with E-state index in [2.05, 4.69) is 59.8 Å². The Morgan fingerprint density at radius 3 is 2.70 bits per heavy atom. The number of carbonyl (C=O) groups excluding carboxylic acids is 1. The van der Waals surface area contributed by atoms with Gasteiger partial charge in [0.25, 0.3) is 5.91 Å². The van der Waals surface area contributed by atoms with Crippen LogP contribution in [0.1, 0.15) is 29.5 Å². The maximum absolute atomic E-state index is 12.7. The third kappa shape index (κ3) is 2.69. The fraction of sp³-hybridized carbons (Fsp3) is 0.348. The van der Waals surface area contributed by atoms with Gasteiger partial charge in [-0.3, -0.25) is 4.79 Å². The first-order valence-electron chi connectivity index (χ1n) is 9.58. The van der Waals surface area contributed by atoms with Crippen LogP contribution in [0.4, 0.5) is 0 Å². The number of aryl methyl sites for hydroxylation is 2. The molecular formula is C23H23NO2S. The highest BCUT2D eigenvalue weighted by atomic mass is 32.2. The smallest absolute Gasteiger partial charge is 0.256 e. The van der Waals surface area contributed by atoms with Crippen LogP contribution in [0.3, 0.4) is 0 Å². The lowest BCUT2D eigenvalue weighted by atomic mass is 9.71. The van der Waals surface area contributed by atoms with Gasteiger partial charge in [-0.2, -0.15) is 4.36 Å². The molecule has 4 heteroatoms. The van der Waals surface area contributed by atoms with Crippen LogP contribution >= 0.6 is 0 Å². The second-order valence-electron chi connectivity index (χ2n) is 7.69. The summed E-state index contributed by atoms with van der Waals surface area (Å²) >= 11 is 0. The van der Waals surface area contributed by atoms with Gasteiger partial charge in [0.05, 0.1) is 13.0 Å². The first-order valence-corrected chi connectivity index (χ1v) is 10.8. The third-order valence-electron chi connectivity index (χ3n) is 6.16. The summed E-state index contributed by atoms with van der Waals surface area (Å²) in [5.41, 5.74) is 5.38. The molecule has 1 amide bonds. The molecule has 3 nitrogen and oxygen atoms in total. The highest BCUT2D eigenvalue weighted by Crippen LogP contribution is 2.49. The number of carbonyl (C=O) groups is 1. The number of fused-ring (bicyclic) bond motifs is 5. The fourth-order valence-corrected chi connectivity index (χ4v) is 7.21. The van der Waals surface area contributed by atoms with Crippen LogP contribution in [0.2, 0.25) is 0 Å². The molecule has 2 aliphatic carbocycles. The van der Waals surface area contributed by atoms with E-state index in [1.807, 2.05) is 0 Å². The average molecular weight is 378 g/mol. The predicted molar refractivity (Wildman–Crippen MR) is 109 cm³/mol. The Balaban J connectivity index is 1.56. The van der Waals surface area contributed by atoms with Gasteiger partial charge in [0.1, 0.15) is 5.75 Å². The summed E-state index contributed by atoms with van der Waals surface area (Å²) < 4.78 is 10.0. The van der Waals surface area contributed by atoms with Crippen molar-refractivity contribution in [1.82, 2.24) is 0 Å². The van der Waals surface area contributed by atoms with Crippen LogP contribution in [0.25, 0.3) is 5.57 Å². The van der Waals surface area contributed by atoms with Crippen molar-refractivity contribution in [2.45, 2.75) is 36.3 Å². The first kappa shape index (κ1) is 16.9. The zero-order valence-corrected chi connectivity index (χ0v) is 16.5. The third-order valence-corrected chi connectivity index (χ3v) is 8.46. The normalized spacial score (nSPS) is 28.5. The van der Waals surface area contributed by atoms with Crippen LogP contribution in [0, 0.1) is 18.8 Å². The molecule has 3 aliphatic rings. The first-order chi connectivity index (χ1) is 13.2. The standard InChI is InChI=1S/C23H23NO2S/c1-14-3-7-17(8-4-14)27-22-20-9-5-15-13-16(26-2)6-10-18(15)19(20)11-12-21(22)23(25)24-27/h3-4,6-8,10-11,13,20-22H,5,9,12H2,1-2H3/t20-,21-,22+,27?/m1/s1. The molecule has 0 saturated heterocycles. The van der Waals surface area contributed by atoms with Crippen molar-refractivity contribution in [3.8, 4) is 5.75 Å². The van der Waals surface area contributed by atoms with E-state index in [-0.39, 0.29) is 22.5 Å². The predicted octanol–water partition coefficient (Wildman–Crippen LogP) is 4.74. The van der Waals surface area contributed by atoms with Gasteiger partial charge < -0.3 is 4.74 Å². The van der Waals surface area contributed by atoms with E-state index in [9.17, 15) is 4.79 Å². The number of rotatable bonds is 2. The Labute approximate surface area is 162 Å². The minimum absolute atomic E-state index is 0.0585. The Kier molecular flexibility index (Phi) is 4.05. The van der Waals surface area contributed by atoms with Gasteiger partial charge in [0.2, 0.25) is 0 Å². The molecule has 0 saturated carbocycles. The number of ether oxygens (including phenoxy) is 1. The van der Waals surface area contributed by atoms with Gasteiger partial charge in [-0.05, 0) is 73.1 Å². The molecule has 0 spiro atoms. The van der Waals surface area contributed by atoms with Crippen molar-refractivity contribution < 1.29 is 9.53 Å². The Morgan fingerprint density at radius 1 is 1.11 bits per heavy atom. The number of hydrogen-bond donors (Lipinski definition) is 0. The molecule has 0 bridgehead atoms. The number of hydrogen-bond acceptors (Lipinski definition) is 2. The zero-order valence-electron chi connectivity index (χ0n) is 15.6. The Morgan fingerprint density at radius 2 is 1.93 bits per heavy atom. The van der Waals surface area contributed by atoms with E-state index in [4.69, 9.17) is 4.74 Å². The maximum Gasteiger partial charge on any atom is 0.256 e. The SMILES string of the molecule is COc1ccc2c(c1)CC[C@@H]1C2=CC[C@H]2C(=O)N=S(c3ccc(C)cc3)[C@@H]12. The summed E-state index contributed by atoms with van der Waals surface area (Å²) in [6.07, 6.45) is 5.26. The molecule has 0 radical (unpaired) electrons. The molecule has 1 unspecified atom stereocenters. The van der Waals surface area contributed by atoms with Crippen molar-refractivity contribution in [2.75, 3.05) is 7.11 Å². The number of benzene rings is 2. The molecule has 1 aliphatic heterocycles. The zero-order chi connectivity index (χ0) is 18.5. The molecule has 0 aromatic heterocycles. The molecule has 2 aromatic rings. The van der Waals surface area contributed by atoms with Crippen LogP contribution in [0.5, 0.6) is 5.75 Å². The number of methoxy groups -OCH3 is 1. The van der Waals surface area contributed by atoms with Gasteiger partial charge in [-0.1, -0.05) is 40.5 Å². The van der Waals surface area contributed by atoms with Crippen molar-refractivity contribution in [1.29, 1.82) is 0 Å².